The van der Waals surface area contributed by atoms with Gasteiger partial charge in [-0.2, -0.15) is 0 Å². The Hall–Kier alpha value is -1.42. The number of nitrogens with one attached hydrogen (secondary N) is 2. The SMILES string of the molecule is C#CCNC(=NCCCc1ccc(O)cc1)NCC.I. The summed E-state index contributed by atoms with van der Waals surface area (Å²) in [4.78, 5) is 4.43. The molecule has 0 radical (unpaired) electrons. The predicted molar refractivity (Wildman–Crippen MR) is 94.7 cm³/mol. The Morgan fingerprint density at radius 1 is 1.30 bits per heavy atom. The highest BCUT2D eigenvalue weighted by atomic mass is 127. The lowest BCUT2D eigenvalue weighted by Crippen LogP contribution is -2.37. The molecule has 0 saturated carbocycles. The number of rotatable bonds is 6. The molecule has 0 aliphatic rings. The van der Waals surface area contributed by atoms with Crippen LogP contribution in [0.15, 0.2) is 29.3 Å². The van der Waals surface area contributed by atoms with E-state index < -0.39 is 0 Å². The molecule has 3 N–H and O–H groups in total. The van der Waals surface area contributed by atoms with E-state index in [0.717, 1.165) is 31.9 Å². The summed E-state index contributed by atoms with van der Waals surface area (Å²) in [5.74, 6) is 3.58. The van der Waals surface area contributed by atoms with Crippen molar-refractivity contribution in [2.75, 3.05) is 19.6 Å². The standard InChI is InChI=1S/C15H21N3O.HI/c1-3-11-17-15(16-4-2)18-12-5-6-13-7-9-14(19)10-8-13;/h1,7-10,19H,4-6,11-12H2,2H3,(H2,16,17,18);1H. The van der Waals surface area contributed by atoms with E-state index in [2.05, 4.69) is 21.5 Å². The number of terminal acetylenes is 1. The van der Waals surface area contributed by atoms with Crippen molar-refractivity contribution in [3.05, 3.63) is 29.8 Å². The second-order valence-electron chi connectivity index (χ2n) is 4.09. The lowest BCUT2D eigenvalue weighted by atomic mass is 10.1. The molecular weight excluding hydrogens is 365 g/mol. The van der Waals surface area contributed by atoms with Crippen molar-refractivity contribution in [3.8, 4) is 18.1 Å². The molecule has 0 saturated heterocycles. The van der Waals surface area contributed by atoms with E-state index >= 15 is 0 Å². The van der Waals surface area contributed by atoms with Gasteiger partial charge in [-0.25, -0.2) is 0 Å². The molecule has 5 heteroatoms. The largest absolute Gasteiger partial charge is 0.508 e. The summed E-state index contributed by atoms with van der Waals surface area (Å²) in [6.07, 6.45) is 7.10. The average molecular weight is 387 g/mol. The lowest BCUT2D eigenvalue weighted by Gasteiger charge is -2.08. The van der Waals surface area contributed by atoms with Crippen molar-refractivity contribution < 1.29 is 5.11 Å². The van der Waals surface area contributed by atoms with Gasteiger partial charge >= 0.3 is 0 Å². The molecule has 0 bridgehead atoms. The highest BCUT2D eigenvalue weighted by Crippen LogP contribution is 2.10. The summed E-state index contributed by atoms with van der Waals surface area (Å²) < 4.78 is 0. The van der Waals surface area contributed by atoms with Crippen LogP contribution in [0.3, 0.4) is 0 Å². The third-order valence-corrected chi connectivity index (χ3v) is 2.53. The van der Waals surface area contributed by atoms with Gasteiger partial charge in [0, 0.05) is 13.1 Å². The fourth-order valence-electron chi connectivity index (χ4n) is 1.61. The van der Waals surface area contributed by atoms with Crippen LogP contribution in [0, 0.1) is 12.3 Å². The van der Waals surface area contributed by atoms with Crippen LogP contribution in [0.4, 0.5) is 0 Å². The van der Waals surface area contributed by atoms with Crippen molar-refractivity contribution in [1.82, 2.24) is 10.6 Å². The van der Waals surface area contributed by atoms with Crippen LogP contribution in [-0.4, -0.2) is 30.7 Å². The highest BCUT2D eigenvalue weighted by molar-refractivity contribution is 14.0. The van der Waals surface area contributed by atoms with Gasteiger partial charge in [-0.1, -0.05) is 18.1 Å². The molecule has 0 fully saturated rings. The maximum absolute atomic E-state index is 9.19. The molecule has 0 aromatic heterocycles. The van der Waals surface area contributed by atoms with Crippen molar-refractivity contribution in [2.45, 2.75) is 19.8 Å². The molecule has 0 spiro atoms. The Balaban J connectivity index is 0.00000361. The first kappa shape index (κ1) is 18.6. The first-order valence-electron chi connectivity index (χ1n) is 6.49. The summed E-state index contributed by atoms with van der Waals surface area (Å²) in [6, 6.07) is 7.27. The Morgan fingerprint density at radius 3 is 2.60 bits per heavy atom. The van der Waals surface area contributed by atoms with E-state index in [9.17, 15) is 5.11 Å². The fourth-order valence-corrected chi connectivity index (χ4v) is 1.61. The first-order valence-corrected chi connectivity index (χ1v) is 6.49. The fraction of sp³-hybridized carbons (Fsp3) is 0.400. The minimum Gasteiger partial charge on any atom is -0.508 e. The number of hydrogen-bond acceptors (Lipinski definition) is 2. The van der Waals surface area contributed by atoms with Crippen LogP contribution < -0.4 is 10.6 Å². The number of phenolic OH excluding ortho intramolecular Hbond substituents is 1. The number of hydrogen-bond donors (Lipinski definition) is 3. The van der Waals surface area contributed by atoms with E-state index in [-0.39, 0.29) is 24.0 Å². The molecule has 0 amide bonds. The Morgan fingerprint density at radius 2 is 2.00 bits per heavy atom. The van der Waals surface area contributed by atoms with Gasteiger partial charge in [-0.15, -0.1) is 30.4 Å². The molecule has 0 atom stereocenters. The van der Waals surface area contributed by atoms with Gasteiger partial charge < -0.3 is 15.7 Å². The lowest BCUT2D eigenvalue weighted by molar-refractivity contribution is 0.475. The molecule has 1 aromatic rings. The summed E-state index contributed by atoms with van der Waals surface area (Å²) >= 11 is 0. The van der Waals surface area contributed by atoms with Crippen molar-refractivity contribution in [3.63, 3.8) is 0 Å². The maximum Gasteiger partial charge on any atom is 0.192 e. The zero-order chi connectivity index (χ0) is 13.9. The summed E-state index contributed by atoms with van der Waals surface area (Å²) in [6.45, 7) is 4.04. The molecule has 0 aliphatic heterocycles. The van der Waals surface area contributed by atoms with Gasteiger partial charge in [-0.3, -0.25) is 4.99 Å². The smallest absolute Gasteiger partial charge is 0.192 e. The number of benzene rings is 1. The molecule has 1 aromatic carbocycles. The van der Waals surface area contributed by atoms with E-state index in [1.165, 1.54) is 5.56 Å². The number of nitrogens with zero attached hydrogens (tertiary/aromatic N) is 1. The summed E-state index contributed by atoms with van der Waals surface area (Å²) in [7, 11) is 0. The van der Waals surface area contributed by atoms with Crippen LogP contribution in [0.1, 0.15) is 18.9 Å². The van der Waals surface area contributed by atoms with Crippen LogP contribution in [0.25, 0.3) is 0 Å². The Labute approximate surface area is 138 Å². The predicted octanol–water partition coefficient (Wildman–Crippen LogP) is 2.13. The van der Waals surface area contributed by atoms with Crippen LogP contribution in [-0.2, 0) is 6.42 Å². The molecule has 0 heterocycles. The minimum atomic E-state index is 0. The van der Waals surface area contributed by atoms with Crippen LogP contribution in [0.5, 0.6) is 5.75 Å². The van der Waals surface area contributed by atoms with Gasteiger partial charge in [0.25, 0.3) is 0 Å². The zero-order valence-electron chi connectivity index (χ0n) is 11.7. The number of aliphatic imine (C=N–C) groups is 1. The number of guanidine groups is 1. The van der Waals surface area contributed by atoms with Crippen molar-refractivity contribution >= 4 is 29.9 Å². The van der Waals surface area contributed by atoms with Gasteiger partial charge in [0.1, 0.15) is 5.75 Å². The van der Waals surface area contributed by atoms with E-state index in [1.807, 2.05) is 19.1 Å². The molecule has 0 unspecified atom stereocenters. The zero-order valence-corrected chi connectivity index (χ0v) is 14.1. The third kappa shape index (κ3) is 7.89. The average Bonchev–Trinajstić information content (AvgIpc) is 2.42. The van der Waals surface area contributed by atoms with Crippen LogP contribution in [0.2, 0.25) is 0 Å². The first-order chi connectivity index (χ1) is 9.26. The Bertz CT molecular complexity index is 437. The monoisotopic (exact) mass is 387 g/mol. The normalized spacial score (nSPS) is 10.3. The summed E-state index contributed by atoms with van der Waals surface area (Å²) in [5, 5.41) is 15.4. The minimum absolute atomic E-state index is 0. The molecular formula is C15H22IN3O. The topological polar surface area (TPSA) is 56.7 Å². The number of aromatic hydroxyl groups is 1. The number of halogens is 1. The van der Waals surface area contributed by atoms with Gasteiger partial charge in [0.2, 0.25) is 0 Å². The second kappa shape index (κ2) is 11.4. The molecule has 110 valence electrons. The van der Waals surface area contributed by atoms with Gasteiger partial charge in [0.15, 0.2) is 5.96 Å². The van der Waals surface area contributed by atoms with Crippen molar-refractivity contribution in [2.24, 2.45) is 4.99 Å². The Kier molecular flexibility index (Phi) is 10.6. The molecule has 1 rings (SSSR count). The second-order valence-corrected chi connectivity index (χ2v) is 4.09. The van der Waals surface area contributed by atoms with E-state index in [1.54, 1.807) is 12.1 Å². The number of aryl methyl sites for hydroxylation is 1. The third-order valence-electron chi connectivity index (χ3n) is 2.53. The van der Waals surface area contributed by atoms with E-state index in [0.29, 0.717) is 12.3 Å². The van der Waals surface area contributed by atoms with Crippen molar-refractivity contribution in [1.29, 1.82) is 0 Å². The molecule has 4 nitrogen and oxygen atoms in total. The maximum atomic E-state index is 9.19. The van der Waals surface area contributed by atoms with Gasteiger partial charge in [0.05, 0.1) is 6.54 Å². The highest BCUT2D eigenvalue weighted by Gasteiger charge is 1.96. The number of phenols is 1. The molecule has 0 aliphatic carbocycles. The van der Waals surface area contributed by atoms with Crippen LogP contribution >= 0.6 is 24.0 Å². The quantitative estimate of drug-likeness (QED) is 0.231. The summed E-state index contributed by atoms with van der Waals surface area (Å²) in [5.41, 5.74) is 1.20. The molecule has 20 heavy (non-hydrogen) atoms. The van der Waals surface area contributed by atoms with E-state index in [4.69, 9.17) is 6.42 Å². The van der Waals surface area contributed by atoms with Gasteiger partial charge in [-0.05, 0) is 37.5 Å².